The summed E-state index contributed by atoms with van der Waals surface area (Å²) < 4.78 is 5.35. The molecule has 1 aromatic carbocycles. The van der Waals surface area contributed by atoms with Gasteiger partial charge in [0.25, 0.3) is 0 Å². The van der Waals surface area contributed by atoms with Gasteiger partial charge in [-0.25, -0.2) is 4.98 Å². The summed E-state index contributed by atoms with van der Waals surface area (Å²) in [5.41, 5.74) is 2.38. The van der Waals surface area contributed by atoms with Gasteiger partial charge in [-0.05, 0) is 29.2 Å². The summed E-state index contributed by atoms with van der Waals surface area (Å²) in [6, 6.07) is 6.95. The van der Waals surface area contributed by atoms with Crippen molar-refractivity contribution in [1.82, 2.24) is 4.98 Å². The highest BCUT2D eigenvalue weighted by atomic mass is 16.5. The van der Waals surface area contributed by atoms with Crippen LogP contribution < -0.4 is 4.90 Å². The van der Waals surface area contributed by atoms with Gasteiger partial charge < -0.3 is 25.3 Å². The lowest BCUT2D eigenvalue weighted by Crippen LogP contribution is -2.36. The molecule has 0 amide bonds. The van der Waals surface area contributed by atoms with Crippen molar-refractivity contribution in [2.75, 3.05) is 31.2 Å². The second kappa shape index (κ2) is 7.74. The number of rotatable bonds is 5. The van der Waals surface area contributed by atoms with Gasteiger partial charge in [0, 0.05) is 43.0 Å². The van der Waals surface area contributed by atoms with Crippen LogP contribution in [0, 0.1) is 5.41 Å². The molecule has 3 N–H and O–H groups in total. The molecule has 0 saturated carbocycles. The average Bonchev–Trinajstić information content (AvgIpc) is 2.62. The Labute approximate surface area is 153 Å². The maximum atomic E-state index is 10.1. The molecule has 2 heterocycles. The Kier molecular flexibility index (Phi) is 5.42. The number of anilines is 1. The summed E-state index contributed by atoms with van der Waals surface area (Å²) in [7, 11) is 0. The Balaban J connectivity index is 1.74. The quantitative estimate of drug-likeness (QED) is 0.717. The second-order valence-corrected chi connectivity index (χ2v) is 6.86. The number of phenols is 2. The van der Waals surface area contributed by atoms with Crippen LogP contribution in [0.3, 0.4) is 0 Å². The summed E-state index contributed by atoms with van der Waals surface area (Å²) >= 11 is 0. The predicted molar refractivity (Wildman–Crippen MR) is 102 cm³/mol. The number of morpholine rings is 1. The molecule has 0 aliphatic carbocycles. The molecule has 1 aromatic heterocycles. The summed E-state index contributed by atoms with van der Waals surface area (Å²) in [6.45, 7) is 7.03. The minimum absolute atomic E-state index is 0.0607. The van der Waals surface area contributed by atoms with Crippen LogP contribution in [0.4, 0.5) is 5.82 Å². The molecule has 1 aliphatic rings. The number of aromatic hydroxyl groups is 2. The normalized spacial score (nSPS) is 14.7. The molecule has 0 spiro atoms. The molecule has 0 radical (unpaired) electrons. The van der Waals surface area contributed by atoms with Gasteiger partial charge >= 0.3 is 0 Å². The van der Waals surface area contributed by atoms with Crippen molar-refractivity contribution in [3.05, 3.63) is 47.2 Å². The third-order valence-corrected chi connectivity index (χ3v) is 4.62. The van der Waals surface area contributed by atoms with Crippen molar-refractivity contribution < 1.29 is 14.9 Å². The van der Waals surface area contributed by atoms with Crippen LogP contribution in [0.1, 0.15) is 36.5 Å². The van der Waals surface area contributed by atoms with E-state index in [2.05, 4.69) is 9.88 Å². The van der Waals surface area contributed by atoms with E-state index in [0.29, 0.717) is 30.9 Å². The van der Waals surface area contributed by atoms with Gasteiger partial charge in [0.05, 0.1) is 13.2 Å². The van der Waals surface area contributed by atoms with E-state index in [-0.39, 0.29) is 17.4 Å². The fourth-order valence-electron chi connectivity index (χ4n) is 3.10. The highest BCUT2D eigenvalue weighted by molar-refractivity contribution is 6.02. The number of benzene rings is 1. The van der Waals surface area contributed by atoms with Crippen LogP contribution in [-0.2, 0) is 11.2 Å². The van der Waals surface area contributed by atoms with Gasteiger partial charge in [0.2, 0.25) is 0 Å². The number of pyridine rings is 1. The summed E-state index contributed by atoms with van der Waals surface area (Å²) in [6.07, 6.45) is 2.15. The van der Waals surface area contributed by atoms with E-state index in [1.165, 1.54) is 6.07 Å². The number of phenolic OH excluding ortho intramolecular Hbond substituents is 2. The second-order valence-electron chi connectivity index (χ2n) is 6.86. The Morgan fingerprint density at radius 2 is 1.92 bits per heavy atom. The molecular weight excluding hydrogens is 330 g/mol. The van der Waals surface area contributed by atoms with E-state index in [1.54, 1.807) is 12.3 Å². The standard InChI is InChI=1S/C20H25N3O3/c1-13(2)15-10-16(19(25)11-18(15)24)17(21)9-14-3-4-20(22-12-14)23-5-7-26-8-6-23/h3-4,10-13,21,24-25H,5-9H2,1-2H3. The van der Waals surface area contributed by atoms with Crippen LogP contribution in [0.25, 0.3) is 0 Å². The summed E-state index contributed by atoms with van der Waals surface area (Å²) in [5, 5.41) is 28.5. The van der Waals surface area contributed by atoms with Crippen LogP contribution in [0.5, 0.6) is 11.5 Å². The number of hydrogen-bond acceptors (Lipinski definition) is 6. The van der Waals surface area contributed by atoms with E-state index < -0.39 is 0 Å². The van der Waals surface area contributed by atoms with E-state index >= 15 is 0 Å². The van der Waals surface area contributed by atoms with E-state index in [0.717, 1.165) is 30.0 Å². The molecule has 6 nitrogen and oxygen atoms in total. The van der Waals surface area contributed by atoms with Crippen molar-refractivity contribution in [3.8, 4) is 11.5 Å². The van der Waals surface area contributed by atoms with E-state index in [1.807, 2.05) is 26.0 Å². The molecule has 2 aromatic rings. The first-order valence-electron chi connectivity index (χ1n) is 8.87. The molecule has 0 bridgehead atoms. The van der Waals surface area contributed by atoms with Crippen molar-refractivity contribution >= 4 is 11.5 Å². The highest BCUT2D eigenvalue weighted by Gasteiger charge is 2.16. The first-order chi connectivity index (χ1) is 12.5. The van der Waals surface area contributed by atoms with Gasteiger partial charge in [-0.3, -0.25) is 0 Å². The van der Waals surface area contributed by atoms with E-state index in [9.17, 15) is 10.2 Å². The lowest BCUT2D eigenvalue weighted by atomic mass is 9.95. The maximum Gasteiger partial charge on any atom is 0.128 e. The fraction of sp³-hybridized carbons (Fsp3) is 0.400. The van der Waals surface area contributed by atoms with Crippen LogP contribution in [0.15, 0.2) is 30.5 Å². The SMILES string of the molecule is CC(C)c1cc(C(=N)Cc2ccc(N3CCOCC3)nc2)c(O)cc1O. The van der Waals surface area contributed by atoms with Gasteiger partial charge in [0.15, 0.2) is 0 Å². The number of nitrogens with zero attached hydrogens (tertiary/aromatic N) is 2. The molecule has 1 saturated heterocycles. The summed E-state index contributed by atoms with van der Waals surface area (Å²) in [5.74, 6) is 1.01. The van der Waals surface area contributed by atoms with Gasteiger partial charge in [-0.15, -0.1) is 0 Å². The monoisotopic (exact) mass is 355 g/mol. The Morgan fingerprint density at radius 3 is 2.54 bits per heavy atom. The summed E-state index contributed by atoms with van der Waals surface area (Å²) in [4.78, 5) is 6.68. The van der Waals surface area contributed by atoms with Crippen LogP contribution in [-0.4, -0.2) is 47.2 Å². The number of hydrogen-bond donors (Lipinski definition) is 3. The van der Waals surface area contributed by atoms with Crippen molar-refractivity contribution in [1.29, 1.82) is 5.41 Å². The first kappa shape index (κ1) is 18.2. The third-order valence-electron chi connectivity index (χ3n) is 4.62. The Morgan fingerprint density at radius 1 is 1.19 bits per heavy atom. The zero-order chi connectivity index (χ0) is 18.7. The predicted octanol–water partition coefficient (Wildman–Crippen LogP) is 3.06. The number of nitrogens with one attached hydrogen (secondary N) is 1. The molecule has 0 atom stereocenters. The number of aromatic nitrogens is 1. The molecule has 138 valence electrons. The Hall–Kier alpha value is -2.60. The maximum absolute atomic E-state index is 10.1. The van der Waals surface area contributed by atoms with E-state index in [4.69, 9.17) is 10.1 Å². The van der Waals surface area contributed by atoms with Crippen LogP contribution >= 0.6 is 0 Å². The highest BCUT2D eigenvalue weighted by Crippen LogP contribution is 2.32. The lowest BCUT2D eigenvalue weighted by molar-refractivity contribution is 0.122. The van der Waals surface area contributed by atoms with Gasteiger partial charge in [-0.2, -0.15) is 0 Å². The smallest absolute Gasteiger partial charge is 0.128 e. The van der Waals surface area contributed by atoms with Crippen LogP contribution in [0.2, 0.25) is 0 Å². The minimum Gasteiger partial charge on any atom is -0.508 e. The molecule has 3 rings (SSSR count). The van der Waals surface area contributed by atoms with Crippen molar-refractivity contribution in [2.24, 2.45) is 0 Å². The average molecular weight is 355 g/mol. The lowest BCUT2D eigenvalue weighted by Gasteiger charge is -2.27. The fourth-order valence-corrected chi connectivity index (χ4v) is 3.10. The molecule has 1 fully saturated rings. The van der Waals surface area contributed by atoms with Crippen molar-refractivity contribution in [3.63, 3.8) is 0 Å². The molecule has 26 heavy (non-hydrogen) atoms. The first-order valence-corrected chi connectivity index (χ1v) is 8.87. The zero-order valence-electron chi connectivity index (χ0n) is 15.2. The van der Waals surface area contributed by atoms with Gasteiger partial charge in [-0.1, -0.05) is 19.9 Å². The molecule has 0 unspecified atom stereocenters. The molecule has 6 heteroatoms. The topological polar surface area (TPSA) is 89.7 Å². The zero-order valence-corrected chi connectivity index (χ0v) is 15.2. The molecule has 1 aliphatic heterocycles. The Bertz CT molecular complexity index is 782. The minimum atomic E-state index is -0.0743. The third kappa shape index (κ3) is 3.96. The van der Waals surface area contributed by atoms with Gasteiger partial charge in [0.1, 0.15) is 17.3 Å². The largest absolute Gasteiger partial charge is 0.508 e. The number of ether oxygens (including phenoxy) is 1. The molecular formula is C20H25N3O3. The van der Waals surface area contributed by atoms with Crippen molar-refractivity contribution in [2.45, 2.75) is 26.2 Å².